The summed E-state index contributed by atoms with van der Waals surface area (Å²) >= 11 is 11.6. The van der Waals surface area contributed by atoms with Crippen LogP contribution >= 0.6 is 23.2 Å². The quantitative estimate of drug-likeness (QED) is 0.836. The van der Waals surface area contributed by atoms with Gasteiger partial charge in [-0.1, -0.05) is 23.2 Å². The van der Waals surface area contributed by atoms with Crippen molar-refractivity contribution in [2.45, 2.75) is 0 Å². The molecular weight excluding hydrogens is 315 g/mol. The van der Waals surface area contributed by atoms with Crippen molar-refractivity contribution < 1.29 is 9.59 Å². The van der Waals surface area contributed by atoms with E-state index in [2.05, 4.69) is 10.3 Å². The summed E-state index contributed by atoms with van der Waals surface area (Å²) in [4.78, 5) is 31.3. The number of amides is 2. The predicted molar refractivity (Wildman–Crippen MR) is 80.7 cm³/mol. The number of pyridine rings is 1. The molecule has 6 nitrogen and oxygen atoms in total. The minimum atomic E-state index is -0.124. The SMILES string of the molecule is CNC(=O)CN1CCN(C(=O)c2cnc(Cl)c(Cl)c2)CC1. The zero-order valence-electron chi connectivity index (χ0n) is 11.6. The van der Waals surface area contributed by atoms with E-state index in [0.29, 0.717) is 38.3 Å². The van der Waals surface area contributed by atoms with Gasteiger partial charge < -0.3 is 10.2 Å². The highest BCUT2D eigenvalue weighted by atomic mass is 35.5. The second kappa shape index (κ2) is 7.06. The lowest BCUT2D eigenvalue weighted by Gasteiger charge is -2.34. The van der Waals surface area contributed by atoms with E-state index in [0.717, 1.165) is 0 Å². The molecule has 1 saturated heterocycles. The van der Waals surface area contributed by atoms with Crippen LogP contribution in [0.25, 0.3) is 0 Å². The first-order chi connectivity index (χ1) is 10.0. The van der Waals surface area contributed by atoms with Crippen LogP contribution in [0, 0.1) is 0 Å². The molecule has 1 aliphatic rings. The third kappa shape index (κ3) is 4.06. The van der Waals surface area contributed by atoms with E-state index >= 15 is 0 Å². The summed E-state index contributed by atoms with van der Waals surface area (Å²) < 4.78 is 0. The number of hydrogen-bond acceptors (Lipinski definition) is 4. The number of piperazine rings is 1. The summed E-state index contributed by atoms with van der Waals surface area (Å²) in [6.07, 6.45) is 1.42. The van der Waals surface area contributed by atoms with Crippen molar-refractivity contribution in [1.29, 1.82) is 0 Å². The summed E-state index contributed by atoms with van der Waals surface area (Å²) in [5.74, 6) is -0.149. The molecule has 0 aromatic carbocycles. The van der Waals surface area contributed by atoms with Crippen LogP contribution in [0.2, 0.25) is 10.2 Å². The Morgan fingerprint density at radius 1 is 1.29 bits per heavy atom. The monoisotopic (exact) mass is 330 g/mol. The molecule has 2 rings (SSSR count). The molecule has 0 saturated carbocycles. The highest BCUT2D eigenvalue weighted by Gasteiger charge is 2.23. The molecular formula is C13H16Cl2N4O2. The molecule has 0 atom stereocenters. The van der Waals surface area contributed by atoms with Gasteiger partial charge >= 0.3 is 0 Å². The molecule has 114 valence electrons. The zero-order chi connectivity index (χ0) is 15.4. The highest BCUT2D eigenvalue weighted by molar-refractivity contribution is 6.41. The van der Waals surface area contributed by atoms with Crippen molar-refractivity contribution in [3.63, 3.8) is 0 Å². The maximum absolute atomic E-state index is 12.3. The Morgan fingerprint density at radius 3 is 2.52 bits per heavy atom. The third-order valence-corrected chi connectivity index (χ3v) is 4.03. The van der Waals surface area contributed by atoms with Crippen molar-refractivity contribution in [2.75, 3.05) is 39.8 Å². The topological polar surface area (TPSA) is 65.5 Å². The lowest BCUT2D eigenvalue weighted by Crippen LogP contribution is -2.50. The van der Waals surface area contributed by atoms with Crippen LogP contribution in [-0.4, -0.2) is 66.4 Å². The molecule has 1 N–H and O–H groups in total. The largest absolute Gasteiger partial charge is 0.358 e. The van der Waals surface area contributed by atoms with Gasteiger partial charge in [0.1, 0.15) is 5.15 Å². The van der Waals surface area contributed by atoms with E-state index in [-0.39, 0.29) is 22.0 Å². The predicted octanol–water partition coefficient (Wildman–Crippen LogP) is 0.892. The lowest BCUT2D eigenvalue weighted by atomic mass is 10.2. The summed E-state index contributed by atoms with van der Waals surface area (Å²) in [5, 5.41) is 3.04. The number of carbonyl (C=O) groups excluding carboxylic acids is 2. The standard InChI is InChI=1S/C13H16Cl2N4O2/c1-16-11(20)8-18-2-4-19(5-3-18)13(21)9-6-10(14)12(15)17-7-9/h6-7H,2-5,8H2,1H3,(H,16,20). The number of halogens is 2. The van der Waals surface area contributed by atoms with Gasteiger partial charge in [-0.2, -0.15) is 0 Å². The Bertz CT molecular complexity index is 545. The number of likely N-dealkylation sites (N-methyl/N-ethyl adjacent to an activating group) is 1. The molecule has 2 heterocycles. The minimum Gasteiger partial charge on any atom is -0.358 e. The maximum Gasteiger partial charge on any atom is 0.255 e. The van der Waals surface area contributed by atoms with E-state index in [1.807, 2.05) is 4.90 Å². The Morgan fingerprint density at radius 2 is 1.95 bits per heavy atom. The second-order valence-electron chi connectivity index (χ2n) is 4.74. The van der Waals surface area contributed by atoms with Crippen LogP contribution in [0.1, 0.15) is 10.4 Å². The van der Waals surface area contributed by atoms with Gasteiger partial charge in [0.05, 0.1) is 17.1 Å². The van der Waals surface area contributed by atoms with Gasteiger partial charge in [-0.05, 0) is 6.07 Å². The summed E-state index contributed by atoms with van der Waals surface area (Å²) in [5.41, 5.74) is 0.421. The van der Waals surface area contributed by atoms with Gasteiger partial charge in [-0.25, -0.2) is 4.98 Å². The molecule has 0 bridgehead atoms. The number of nitrogens with one attached hydrogen (secondary N) is 1. The molecule has 2 amide bonds. The third-order valence-electron chi connectivity index (χ3n) is 3.35. The fourth-order valence-corrected chi connectivity index (χ4v) is 2.38. The van der Waals surface area contributed by atoms with E-state index in [1.165, 1.54) is 12.3 Å². The smallest absolute Gasteiger partial charge is 0.255 e. The molecule has 0 unspecified atom stereocenters. The van der Waals surface area contributed by atoms with Crippen LogP contribution in [0.15, 0.2) is 12.3 Å². The number of nitrogens with zero attached hydrogens (tertiary/aromatic N) is 3. The van der Waals surface area contributed by atoms with Gasteiger partial charge in [-0.3, -0.25) is 14.5 Å². The highest BCUT2D eigenvalue weighted by Crippen LogP contribution is 2.20. The van der Waals surface area contributed by atoms with Crippen LogP contribution in [-0.2, 0) is 4.79 Å². The Hall–Kier alpha value is -1.37. The van der Waals surface area contributed by atoms with Crippen LogP contribution in [0.5, 0.6) is 0 Å². The number of hydrogen-bond donors (Lipinski definition) is 1. The molecule has 1 aromatic rings. The van der Waals surface area contributed by atoms with Crippen molar-refractivity contribution in [1.82, 2.24) is 20.1 Å². The summed E-state index contributed by atoms with van der Waals surface area (Å²) in [7, 11) is 1.61. The maximum atomic E-state index is 12.3. The van der Waals surface area contributed by atoms with E-state index in [4.69, 9.17) is 23.2 Å². The van der Waals surface area contributed by atoms with E-state index < -0.39 is 0 Å². The molecule has 1 aromatic heterocycles. The number of carbonyl (C=O) groups is 2. The summed E-state index contributed by atoms with van der Waals surface area (Å²) in [6, 6.07) is 1.52. The molecule has 1 fully saturated rings. The average molecular weight is 331 g/mol. The lowest BCUT2D eigenvalue weighted by molar-refractivity contribution is -0.122. The molecule has 1 aliphatic heterocycles. The van der Waals surface area contributed by atoms with Gasteiger partial charge in [0.15, 0.2) is 0 Å². The Balaban J connectivity index is 1.93. The average Bonchev–Trinajstić information content (AvgIpc) is 2.50. The van der Waals surface area contributed by atoms with Gasteiger partial charge in [0.2, 0.25) is 5.91 Å². The molecule has 0 spiro atoms. The minimum absolute atomic E-state index is 0.0246. The van der Waals surface area contributed by atoms with Crippen molar-refractivity contribution in [3.05, 3.63) is 28.0 Å². The van der Waals surface area contributed by atoms with Crippen molar-refractivity contribution in [2.24, 2.45) is 0 Å². The molecule has 0 radical (unpaired) electrons. The first kappa shape index (κ1) is 16.0. The normalized spacial score (nSPS) is 15.9. The molecule has 0 aliphatic carbocycles. The second-order valence-corrected chi connectivity index (χ2v) is 5.50. The van der Waals surface area contributed by atoms with E-state index in [1.54, 1.807) is 11.9 Å². The van der Waals surface area contributed by atoms with E-state index in [9.17, 15) is 9.59 Å². The van der Waals surface area contributed by atoms with Crippen molar-refractivity contribution >= 4 is 35.0 Å². The van der Waals surface area contributed by atoms with Crippen LogP contribution in [0.3, 0.4) is 0 Å². The Kier molecular flexibility index (Phi) is 5.39. The fourth-order valence-electron chi connectivity index (χ4n) is 2.11. The molecule has 21 heavy (non-hydrogen) atoms. The van der Waals surface area contributed by atoms with Crippen LogP contribution < -0.4 is 5.32 Å². The Labute approximate surface area is 133 Å². The van der Waals surface area contributed by atoms with Gasteiger partial charge in [0, 0.05) is 39.4 Å². The first-order valence-corrected chi connectivity index (χ1v) is 7.30. The summed E-state index contributed by atoms with van der Waals surface area (Å²) in [6.45, 7) is 2.81. The number of rotatable bonds is 3. The first-order valence-electron chi connectivity index (χ1n) is 6.54. The van der Waals surface area contributed by atoms with Gasteiger partial charge in [-0.15, -0.1) is 0 Å². The van der Waals surface area contributed by atoms with Crippen molar-refractivity contribution in [3.8, 4) is 0 Å². The molecule has 8 heteroatoms. The van der Waals surface area contributed by atoms with Gasteiger partial charge in [0.25, 0.3) is 5.91 Å². The zero-order valence-corrected chi connectivity index (χ0v) is 13.1. The van der Waals surface area contributed by atoms with Crippen LogP contribution in [0.4, 0.5) is 0 Å². The number of aromatic nitrogens is 1. The fraction of sp³-hybridized carbons (Fsp3) is 0.462.